The predicted octanol–water partition coefficient (Wildman–Crippen LogP) is 10.2. The van der Waals surface area contributed by atoms with Crippen LogP contribution >= 0.6 is 46.6 Å². The molecule has 1 aliphatic rings. The highest BCUT2D eigenvalue weighted by atomic mass is 35.5. The number of ether oxygens (including phenoxy) is 2. The predicted molar refractivity (Wildman–Crippen MR) is 176 cm³/mol. The molecule has 0 spiro atoms. The minimum Gasteiger partial charge on any atom is -0.490 e. The molecule has 43 heavy (non-hydrogen) atoms. The van der Waals surface area contributed by atoms with E-state index in [1.54, 1.807) is 48.5 Å². The van der Waals surface area contributed by atoms with Crippen molar-refractivity contribution in [3.8, 4) is 11.5 Å². The lowest BCUT2D eigenvalue weighted by Crippen LogP contribution is -2.28. The van der Waals surface area contributed by atoms with E-state index in [0.717, 1.165) is 11.1 Å². The molecule has 0 N–H and O–H groups in total. The summed E-state index contributed by atoms with van der Waals surface area (Å²) in [7, 11) is 0. The van der Waals surface area contributed by atoms with E-state index in [0.29, 0.717) is 55.0 Å². The van der Waals surface area contributed by atoms with E-state index in [2.05, 4.69) is 0 Å². The van der Waals surface area contributed by atoms with E-state index in [4.69, 9.17) is 49.3 Å². The molecule has 220 valence electrons. The van der Waals surface area contributed by atoms with Crippen molar-refractivity contribution in [2.75, 3.05) is 11.5 Å². The third-order valence-electron chi connectivity index (χ3n) is 6.56. The number of anilines is 1. The van der Waals surface area contributed by atoms with Crippen LogP contribution in [0, 0.1) is 19.7 Å². The van der Waals surface area contributed by atoms with Crippen molar-refractivity contribution in [2.24, 2.45) is 4.99 Å². The number of hydrogen-bond donors (Lipinski definition) is 0. The fourth-order valence-electron chi connectivity index (χ4n) is 4.25. The van der Waals surface area contributed by atoms with E-state index >= 15 is 0 Å². The van der Waals surface area contributed by atoms with Crippen molar-refractivity contribution in [3.05, 3.63) is 121 Å². The van der Waals surface area contributed by atoms with Crippen LogP contribution in [0.2, 0.25) is 15.1 Å². The molecule has 4 aromatic rings. The van der Waals surface area contributed by atoms with Gasteiger partial charge in [-0.3, -0.25) is 9.69 Å². The fraction of sp³-hybridized carbons (Fsp3) is 0.152. The van der Waals surface area contributed by atoms with Crippen LogP contribution in [0.5, 0.6) is 11.5 Å². The first-order valence-electron chi connectivity index (χ1n) is 13.3. The maximum Gasteiger partial charge on any atom is 0.271 e. The van der Waals surface area contributed by atoms with Gasteiger partial charge in [-0.15, -0.1) is 0 Å². The number of rotatable bonds is 8. The van der Waals surface area contributed by atoms with Gasteiger partial charge in [0.1, 0.15) is 12.4 Å². The molecule has 0 aliphatic carbocycles. The quantitative estimate of drug-likeness (QED) is 0.177. The highest BCUT2D eigenvalue weighted by Crippen LogP contribution is 2.42. The largest absolute Gasteiger partial charge is 0.490 e. The maximum absolute atomic E-state index is 14.2. The lowest BCUT2D eigenvalue weighted by molar-refractivity contribution is -0.113. The number of carbonyl (C=O) groups is 1. The van der Waals surface area contributed by atoms with Crippen LogP contribution in [-0.2, 0) is 11.4 Å². The second kappa shape index (κ2) is 13.4. The second-order valence-electron chi connectivity index (χ2n) is 9.66. The van der Waals surface area contributed by atoms with Gasteiger partial charge in [0.05, 0.1) is 27.9 Å². The van der Waals surface area contributed by atoms with Crippen molar-refractivity contribution >= 4 is 75.1 Å². The summed E-state index contributed by atoms with van der Waals surface area (Å²) in [6, 6.07) is 20.6. The number of aryl methyl sites for hydroxylation is 2. The van der Waals surface area contributed by atoms with Gasteiger partial charge in [0.25, 0.3) is 5.91 Å². The molecule has 0 aromatic heterocycles. The Balaban J connectivity index is 1.52. The number of amides is 1. The number of nitrogens with zero attached hydrogens (tertiary/aromatic N) is 2. The van der Waals surface area contributed by atoms with Gasteiger partial charge in [0, 0.05) is 15.6 Å². The van der Waals surface area contributed by atoms with Crippen LogP contribution < -0.4 is 14.4 Å². The lowest BCUT2D eigenvalue weighted by Gasteiger charge is -2.17. The third kappa shape index (κ3) is 7.02. The minimum absolute atomic E-state index is 0.0296. The number of amidine groups is 1. The zero-order chi connectivity index (χ0) is 30.7. The van der Waals surface area contributed by atoms with E-state index in [1.165, 1.54) is 22.7 Å². The van der Waals surface area contributed by atoms with Crippen LogP contribution in [0.4, 0.5) is 15.8 Å². The van der Waals surface area contributed by atoms with E-state index < -0.39 is 0 Å². The first-order valence-corrected chi connectivity index (χ1v) is 15.3. The average Bonchev–Trinajstić information content (AvgIpc) is 3.26. The number of halogens is 4. The fourth-order valence-corrected chi connectivity index (χ4v) is 5.87. The summed E-state index contributed by atoms with van der Waals surface area (Å²) in [6.07, 6.45) is 1.72. The molecule has 5 nitrogen and oxygen atoms in total. The zero-order valence-electron chi connectivity index (χ0n) is 23.5. The van der Waals surface area contributed by atoms with Crippen LogP contribution in [0.1, 0.15) is 29.2 Å². The normalized spacial score (nSPS) is 15.0. The van der Waals surface area contributed by atoms with Gasteiger partial charge >= 0.3 is 0 Å². The SMILES string of the molecule is CCOc1cc(/C=C2/SC(=Nc3ccc(C)c(Cl)c3)N(c3ccc(C)c(Cl)c3)C2=O)cc(Cl)c1OCc1ccccc1F. The summed E-state index contributed by atoms with van der Waals surface area (Å²) in [6.45, 7) is 5.95. The smallest absolute Gasteiger partial charge is 0.271 e. The molecule has 1 heterocycles. The standard InChI is InChI=1S/C33H26Cl3FN2O3S/c1-4-41-29-14-21(13-27(36)31(29)42-18-22-7-5-6-8-28(22)37)15-30-32(40)39(24-12-10-20(3)26(35)17-24)33(43-30)38-23-11-9-19(2)25(34)16-23/h5-17H,4,18H2,1-3H3/b30-15+,38-33?. The summed E-state index contributed by atoms with van der Waals surface area (Å²) in [5.41, 5.74) is 4.00. The highest BCUT2D eigenvalue weighted by Gasteiger charge is 2.35. The van der Waals surface area contributed by atoms with Crippen LogP contribution in [0.3, 0.4) is 0 Å². The van der Waals surface area contributed by atoms with Crippen molar-refractivity contribution in [2.45, 2.75) is 27.4 Å². The summed E-state index contributed by atoms with van der Waals surface area (Å²) in [4.78, 5) is 20.5. The lowest BCUT2D eigenvalue weighted by atomic mass is 10.1. The van der Waals surface area contributed by atoms with Crippen LogP contribution in [0.15, 0.2) is 82.7 Å². The van der Waals surface area contributed by atoms with Gasteiger partial charge < -0.3 is 9.47 Å². The van der Waals surface area contributed by atoms with Crippen LogP contribution in [0.25, 0.3) is 6.08 Å². The second-order valence-corrected chi connectivity index (χ2v) is 11.9. The van der Waals surface area contributed by atoms with Crippen molar-refractivity contribution in [3.63, 3.8) is 0 Å². The maximum atomic E-state index is 14.2. The van der Waals surface area contributed by atoms with Gasteiger partial charge in [0.15, 0.2) is 16.7 Å². The van der Waals surface area contributed by atoms with Crippen molar-refractivity contribution in [1.82, 2.24) is 0 Å². The molecule has 1 amide bonds. The molecular formula is C33H26Cl3FN2O3S. The van der Waals surface area contributed by atoms with E-state index in [1.807, 2.05) is 45.0 Å². The highest BCUT2D eigenvalue weighted by molar-refractivity contribution is 8.19. The van der Waals surface area contributed by atoms with Gasteiger partial charge in [-0.2, -0.15) is 0 Å². The number of aliphatic imine (C=N–C) groups is 1. The van der Waals surface area contributed by atoms with Crippen molar-refractivity contribution < 1.29 is 18.7 Å². The molecule has 0 atom stereocenters. The number of thioether (sulfide) groups is 1. The summed E-state index contributed by atoms with van der Waals surface area (Å²) >= 11 is 20.6. The first-order chi connectivity index (χ1) is 20.6. The topological polar surface area (TPSA) is 51.1 Å². The average molecular weight is 656 g/mol. The molecule has 0 unspecified atom stereocenters. The van der Waals surface area contributed by atoms with Gasteiger partial charge in [-0.1, -0.05) is 65.1 Å². The number of hydrogen-bond acceptors (Lipinski definition) is 5. The molecular weight excluding hydrogens is 630 g/mol. The number of benzene rings is 4. The van der Waals surface area contributed by atoms with E-state index in [-0.39, 0.29) is 29.1 Å². The van der Waals surface area contributed by atoms with Gasteiger partial charge in [-0.25, -0.2) is 9.38 Å². The van der Waals surface area contributed by atoms with Gasteiger partial charge in [0.2, 0.25) is 0 Å². The summed E-state index contributed by atoms with van der Waals surface area (Å²) in [5, 5.41) is 1.81. The molecule has 4 aromatic carbocycles. The molecule has 0 saturated carbocycles. The Morgan fingerprint density at radius 3 is 2.33 bits per heavy atom. The minimum atomic E-state index is -0.375. The molecule has 10 heteroatoms. The Kier molecular flexibility index (Phi) is 9.67. The van der Waals surface area contributed by atoms with Gasteiger partial charge in [-0.05, 0) is 97.8 Å². The van der Waals surface area contributed by atoms with Crippen molar-refractivity contribution in [1.29, 1.82) is 0 Å². The number of carbonyl (C=O) groups excluding carboxylic acids is 1. The molecule has 1 saturated heterocycles. The Hall–Kier alpha value is -3.49. The molecule has 1 fully saturated rings. The Morgan fingerprint density at radius 1 is 0.907 bits per heavy atom. The molecule has 0 radical (unpaired) electrons. The Morgan fingerprint density at radius 2 is 1.63 bits per heavy atom. The molecule has 1 aliphatic heterocycles. The molecule has 5 rings (SSSR count). The first kappa shape index (κ1) is 31.0. The third-order valence-corrected chi connectivity index (χ3v) is 8.62. The zero-order valence-corrected chi connectivity index (χ0v) is 26.5. The van der Waals surface area contributed by atoms with Crippen LogP contribution in [-0.4, -0.2) is 17.7 Å². The summed E-state index contributed by atoms with van der Waals surface area (Å²) in [5.74, 6) is 0.00286. The Bertz CT molecular complexity index is 1780. The molecule has 0 bridgehead atoms. The Labute approximate surface area is 268 Å². The van der Waals surface area contributed by atoms with E-state index in [9.17, 15) is 9.18 Å². The summed E-state index contributed by atoms with van der Waals surface area (Å²) < 4.78 is 25.9. The monoisotopic (exact) mass is 654 g/mol.